The van der Waals surface area contributed by atoms with Crippen molar-refractivity contribution in [2.45, 2.75) is 36.6 Å². The Morgan fingerprint density at radius 1 is 1.35 bits per heavy atom. The topological polar surface area (TPSA) is 37.8 Å². The van der Waals surface area contributed by atoms with Crippen LogP contribution in [0.15, 0.2) is 27.4 Å². The molecule has 2 rings (SSSR count). The van der Waals surface area contributed by atoms with E-state index in [9.17, 15) is 4.39 Å². The van der Waals surface area contributed by atoms with Gasteiger partial charge in [-0.25, -0.2) is 4.39 Å². The number of benzene rings is 1. The van der Waals surface area contributed by atoms with Gasteiger partial charge < -0.3 is 5.32 Å². The fraction of sp³-hybridized carbons (Fsp3) is 0.429. The summed E-state index contributed by atoms with van der Waals surface area (Å²) in [7, 11) is 0. The molecule has 0 fully saturated rings. The highest BCUT2D eigenvalue weighted by Crippen LogP contribution is 2.32. The minimum atomic E-state index is -0.202. The third-order valence-electron chi connectivity index (χ3n) is 2.58. The zero-order chi connectivity index (χ0) is 14.5. The van der Waals surface area contributed by atoms with E-state index >= 15 is 0 Å². The number of aromatic nitrogens is 2. The van der Waals surface area contributed by atoms with Crippen LogP contribution in [0.5, 0.6) is 0 Å². The SMILES string of the molecule is Cc1nnc(Sc2ccc(CNCC(C)C)cc2F)s1. The summed E-state index contributed by atoms with van der Waals surface area (Å²) in [5.74, 6) is 0.391. The smallest absolute Gasteiger partial charge is 0.179 e. The van der Waals surface area contributed by atoms with Crippen molar-refractivity contribution in [1.29, 1.82) is 0 Å². The molecule has 3 nitrogen and oxygen atoms in total. The molecule has 0 atom stereocenters. The van der Waals surface area contributed by atoms with Crippen molar-refractivity contribution in [1.82, 2.24) is 15.5 Å². The van der Waals surface area contributed by atoms with Gasteiger partial charge in [0.05, 0.1) is 4.90 Å². The fourth-order valence-corrected chi connectivity index (χ4v) is 3.43. The highest BCUT2D eigenvalue weighted by atomic mass is 32.2. The molecular formula is C14H18FN3S2. The van der Waals surface area contributed by atoms with E-state index in [1.807, 2.05) is 19.1 Å². The molecule has 1 aromatic heterocycles. The molecule has 108 valence electrons. The Morgan fingerprint density at radius 3 is 2.75 bits per heavy atom. The van der Waals surface area contributed by atoms with E-state index in [1.54, 1.807) is 6.07 Å². The van der Waals surface area contributed by atoms with E-state index in [0.29, 0.717) is 17.4 Å². The maximum atomic E-state index is 14.0. The first kappa shape index (κ1) is 15.4. The predicted octanol–water partition coefficient (Wildman–Crippen LogP) is 3.88. The number of rotatable bonds is 6. The number of nitrogens with one attached hydrogen (secondary N) is 1. The van der Waals surface area contributed by atoms with E-state index in [1.165, 1.54) is 23.1 Å². The van der Waals surface area contributed by atoms with Gasteiger partial charge in [-0.2, -0.15) is 0 Å². The van der Waals surface area contributed by atoms with Gasteiger partial charge in [0.1, 0.15) is 10.8 Å². The summed E-state index contributed by atoms with van der Waals surface area (Å²) in [4.78, 5) is 0.591. The standard InChI is InChI=1S/C14H18FN3S2/c1-9(2)7-16-8-11-4-5-13(12(15)6-11)20-14-18-17-10(3)19-14/h4-6,9,16H,7-8H2,1-3H3. The molecular weight excluding hydrogens is 293 g/mol. The van der Waals surface area contributed by atoms with E-state index in [2.05, 4.69) is 29.4 Å². The van der Waals surface area contributed by atoms with Crippen LogP contribution in [-0.4, -0.2) is 16.7 Å². The van der Waals surface area contributed by atoms with Gasteiger partial charge in [0, 0.05) is 6.54 Å². The molecule has 0 unspecified atom stereocenters. The van der Waals surface area contributed by atoms with Crippen molar-refractivity contribution in [2.24, 2.45) is 5.92 Å². The van der Waals surface area contributed by atoms with Crippen molar-refractivity contribution >= 4 is 23.1 Å². The van der Waals surface area contributed by atoms with E-state index < -0.39 is 0 Å². The minimum Gasteiger partial charge on any atom is -0.312 e. The molecule has 0 radical (unpaired) electrons. The average molecular weight is 311 g/mol. The molecule has 0 bridgehead atoms. The molecule has 0 spiro atoms. The molecule has 1 aromatic carbocycles. The van der Waals surface area contributed by atoms with E-state index in [0.717, 1.165) is 21.5 Å². The van der Waals surface area contributed by atoms with Crippen molar-refractivity contribution in [3.8, 4) is 0 Å². The summed E-state index contributed by atoms with van der Waals surface area (Å²) in [6.07, 6.45) is 0. The zero-order valence-electron chi connectivity index (χ0n) is 11.8. The Labute approximate surface area is 127 Å². The Morgan fingerprint density at radius 2 is 2.15 bits per heavy atom. The Kier molecular flexibility index (Phi) is 5.51. The third-order valence-corrected chi connectivity index (χ3v) is 4.52. The first-order valence-corrected chi connectivity index (χ1v) is 8.15. The number of nitrogens with zero attached hydrogens (tertiary/aromatic N) is 2. The first-order chi connectivity index (χ1) is 9.54. The highest BCUT2D eigenvalue weighted by molar-refractivity contribution is 8.01. The Balaban J connectivity index is 1.98. The van der Waals surface area contributed by atoms with Crippen LogP contribution in [0.25, 0.3) is 0 Å². The summed E-state index contributed by atoms with van der Waals surface area (Å²) in [5.41, 5.74) is 0.959. The van der Waals surface area contributed by atoms with Gasteiger partial charge >= 0.3 is 0 Å². The number of aryl methyl sites for hydroxylation is 1. The third kappa shape index (κ3) is 4.54. The number of halogens is 1. The van der Waals surface area contributed by atoms with Gasteiger partial charge in [-0.1, -0.05) is 43.0 Å². The predicted molar refractivity (Wildman–Crippen MR) is 81.7 cm³/mol. The summed E-state index contributed by atoms with van der Waals surface area (Å²) in [5, 5.41) is 12.1. The number of hydrogen-bond donors (Lipinski definition) is 1. The molecule has 0 aliphatic heterocycles. The molecule has 1 N–H and O–H groups in total. The largest absolute Gasteiger partial charge is 0.312 e. The monoisotopic (exact) mass is 311 g/mol. The average Bonchev–Trinajstić information content (AvgIpc) is 2.78. The van der Waals surface area contributed by atoms with Crippen LogP contribution in [0.2, 0.25) is 0 Å². The maximum absolute atomic E-state index is 14.0. The molecule has 2 aromatic rings. The van der Waals surface area contributed by atoms with Crippen LogP contribution in [0.3, 0.4) is 0 Å². The second-order valence-electron chi connectivity index (χ2n) is 4.98. The Hall–Kier alpha value is -0.980. The number of hydrogen-bond acceptors (Lipinski definition) is 5. The summed E-state index contributed by atoms with van der Waals surface area (Å²) < 4.78 is 14.8. The molecule has 0 amide bonds. The molecule has 6 heteroatoms. The highest BCUT2D eigenvalue weighted by Gasteiger charge is 2.09. The molecule has 0 aliphatic carbocycles. The second-order valence-corrected chi connectivity index (χ2v) is 7.45. The van der Waals surface area contributed by atoms with Gasteiger partial charge in [-0.3, -0.25) is 0 Å². The summed E-state index contributed by atoms with van der Waals surface area (Å²) >= 11 is 2.80. The molecule has 0 saturated carbocycles. The lowest BCUT2D eigenvalue weighted by molar-refractivity contribution is 0.548. The fourth-order valence-electron chi connectivity index (χ4n) is 1.66. The quantitative estimate of drug-likeness (QED) is 0.878. The van der Waals surface area contributed by atoms with Crippen LogP contribution in [0, 0.1) is 18.7 Å². The van der Waals surface area contributed by atoms with Crippen molar-refractivity contribution < 1.29 is 4.39 Å². The first-order valence-electron chi connectivity index (χ1n) is 6.51. The van der Waals surface area contributed by atoms with Crippen LogP contribution in [-0.2, 0) is 6.54 Å². The van der Waals surface area contributed by atoms with Gasteiger partial charge in [0.15, 0.2) is 4.34 Å². The van der Waals surface area contributed by atoms with Gasteiger partial charge in [-0.05, 0) is 37.1 Å². The van der Waals surface area contributed by atoms with Crippen LogP contribution < -0.4 is 5.32 Å². The minimum absolute atomic E-state index is 0.202. The van der Waals surface area contributed by atoms with E-state index in [4.69, 9.17) is 0 Å². The summed E-state index contributed by atoms with van der Waals surface area (Å²) in [6.45, 7) is 7.82. The van der Waals surface area contributed by atoms with Crippen molar-refractivity contribution in [2.75, 3.05) is 6.54 Å². The van der Waals surface area contributed by atoms with Crippen LogP contribution in [0.1, 0.15) is 24.4 Å². The molecule has 1 heterocycles. The van der Waals surface area contributed by atoms with Crippen molar-refractivity contribution in [3.63, 3.8) is 0 Å². The normalized spacial score (nSPS) is 11.2. The van der Waals surface area contributed by atoms with Crippen LogP contribution in [0.4, 0.5) is 4.39 Å². The maximum Gasteiger partial charge on any atom is 0.179 e. The zero-order valence-corrected chi connectivity index (χ0v) is 13.4. The van der Waals surface area contributed by atoms with Crippen LogP contribution >= 0.6 is 23.1 Å². The van der Waals surface area contributed by atoms with Gasteiger partial charge in [-0.15, -0.1) is 10.2 Å². The lowest BCUT2D eigenvalue weighted by atomic mass is 10.2. The lowest BCUT2D eigenvalue weighted by Crippen LogP contribution is -2.18. The van der Waals surface area contributed by atoms with Crippen molar-refractivity contribution in [3.05, 3.63) is 34.6 Å². The van der Waals surface area contributed by atoms with E-state index in [-0.39, 0.29) is 5.82 Å². The Bertz CT molecular complexity index is 569. The second kappa shape index (κ2) is 7.15. The lowest BCUT2D eigenvalue weighted by Gasteiger charge is -2.08. The summed E-state index contributed by atoms with van der Waals surface area (Å²) in [6, 6.07) is 5.35. The molecule has 20 heavy (non-hydrogen) atoms. The molecule has 0 aliphatic rings. The van der Waals surface area contributed by atoms with Gasteiger partial charge in [0.25, 0.3) is 0 Å². The molecule has 0 saturated heterocycles. The van der Waals surface area contributed by atoms with Gasteiger partial charge in [0.2, 0.25) is 0 Å².